The van der Waals surface area contributed by atoms with Crippen LogP contribution in [0.15, 0.2) is 60.1 Å². The van der Waals surface area contributed by atoms with Crippen LogP contribution >= 0.6 is 0 Å². The van der Waals surface area contributed by atoms with Crippen LogP contribution in [-0.2, 0) is 4.79 Å². The van der Waals surface area contributed by atoms with Gasteiger partial charge in [0.05, 0.1) is 6.04 Å². The number of aliphatic imine (C=N–C) groups is 1. The number of benzene rings is 2. The number of nitrogens with zero attached hydrogens (tertiary/aromatic N) is 2. The second-order valence-corrected chi connectivity index (χ2v) is 6.06. The summed E-state index contributed by atoms with van der Waals surface area (Å²) in [6.45, 7) is 6.47. The van der Waals surface area contributed by atoms with Crippen molar-refractivity contribution in [1.82, 2.24) is 15.5 Å². The van der Waals surface area contributed by atoms with E-state index in [1.165, 1.54) is 21.2 Å². The first-order valence-electron chi connectivity index (χ1n) is 8.36. The van der Waals surface area contributed by atoms with Gasteiger partial charge in [0.2, 0.25) is 5.91 Å². The Morgan fingerprint density at radius 2 is 1.96 bits per heavy atom. The first-order valence-corrected chi connectivity index (χ1v) is 8.36. The number of hydrogen-bond donors (Lipinski definition) is 2. The molecule has 1 atom stereocenters. The van der Waals surface area contributed by atoms with Crippen molar-refractivity contribution >= 4 is 22.6 Å². The summed E-state index contributed by atoms with van der Waals surface area (Å²) < 4.78 is 0. The summed E-state index contributed by atoms with van der Waals surface area (Å²) in [7, 11) is 3.45. The third-order valence-corrected chi connectivity index (χ3v) is 3.93. The van der Waals surface area contributed by atoms with Crippen LogP contribution in [0.1, 0.15) is 18.5 Å². The van der Waals surface area contributed by atoms with Crippen molar-refractivity contribution in [3.05, 3.63) is 60.7 Å². The fourth-order valence-electron chi connectivity index (χ4n) is 2.52. The van der Waals surface area contributed by atoms with Crippen LogP contribution in [0.3, 0.4) is 0 Å². The van der Waals surface area contributed by atoms with Crippen molar-refractivity contribution < 1.29 is 4.79 Å². The highest BCUT2D eigenvalue weighted by molar-refractivity contribution is 5.88. The highest BCUT2D eigenvalue weighted by Crippen LogP contribution is 2.23. The average molecular weight is 338 g/mol. The molecule has 0 fully saturated rings. The predicted octanol–water partition coefficient (Wildman–Crippen LogP) is 2.71. The van der Waals surface area contributed by atoms with Gasteiger partial charge >= 0.3 is 0 Å². The summed E-state index contributed by atoms with van der Waals surface area (Å²) >= 11 is 0. The molecule has 0 saturated heterocycles. The molecule has 0 aromatic heterocycles. The molecular formula is C20H26N4O. The van der Waals surface area contributed by atoms with Gasteiger partial charge in [-0.1, -0.05) is 48.5 Å². The van der Waals surface area contributed by atoms with E-state index in [2.05, 4.69) is 59.5 Å². The van der Waals surface area contributed by atoms with Gasteiger partial charge in [-0.15, -0.1) is 6.58 Å². The molecule has 2 rings (SSSR count). The normalized spacial score (nSPS) is 12.5. The number of carbonyl (C=O) groups is 1. The molecule has 0 aliphatic carbocycles. The van der Waals surface area contributed by atoms with Crippen molar-refractivity contribution in [1.29, 1.82) is 0 Å². The topological polar surface area (TPSA) is 56.7 Å². The van der Waals surface area contributed by atoms with E-state index in [1.807, 2.05) is 12.1 Å². The Hall–Kier alpha value is -2.82. The lowest BCUT2D eigenvalue weighted by molar-refractivity contribution is -0.127. The first kappa shape index (κ1) is 18.5. The van der Waals surface area contributed by atoms with Crippen LogP contribution in [-0.4, -0.2) is 44.0 Å². The first-order chi connectivity index (χ1) is 12.0. The molecular weight excluding hydrogens is 312 g/mol. The Labute approximate surface area is 149 Å². The van der Waals surface area contributed by atoms with Gasteiger partial charge in [-0.05, 0) is 23.3 Å². The Kier molecular flexibility index (Phi) is 6.57. The molecule has 1 amide bonds. The molecule has 5 nitrogen and oxygen atoms in total. The van der Waals surface area contributed by atoms with E-state index in [-0.39, 0.29) is 18.5 Å². The molecule has 5 heteroatoms. The summed E-state index contributed by atoms with van der Waals surface area (Å²) in [6.07, 6.45) is 1.76. The van der Waals surface area contributed by atoms with Gasteiger partial charge in [-0.2, -0.15) is 0 Å². The van der Waals surface area contributed by atoms with Crippen LogP contribution in [0.4, 0.5) is 0 Å². The van der Waals surface area contributed by atoms with Crippen molar-refractivity contribution in [2.75, 3.05) is 27.2 Å². The molecule has 0 saturated carbocycles. The summed E-state index contributed by atoms with van der Waals surface area (Å²) in [5.74, 6) is 0.549. The summed E-state index contributed by atoms with van der Waals surface area (Å²) in [4.78, 5) is 17.7. The van der Waals surface area contributed by atoms with E-state index < -0.39 is 0 Å². The molecule has 2 N–H and O–H groups in total. The minimum absolute atomic E-state index is 0.0385. The fraction of sp³-hybridized carbons (Fsp3) is 0.300. The standard InChI is InChI=1S/C20H26N4O/c1-5-13-21-20(22-14-19(25)24(3)4)23-15(2)17-12-8-10-16-9-6-7-11-18(16)17/h5-12,15H,1,13-14H2,2-4H3,(H2,21,22,23). The van der Waals surface area contributed by atoms with Gasteiger partial charge in [0.25, 0.3) is 0 Å². The molecule has 2 aromatic carbocycles. The molecule has 0 radical (unpaired) electrons. The number of nitrogens with one attached hydrogen (secondary N) is 2. The van der Waals surface area contributed by atoms with E-state index in [4.69, 9.17) is 0 Å². The van der Waals surface area contributed by atoms with Gasteiger partial charge < -0.3 is 15.5 Å². The van der Waals surface area contributed by atoms with Crippen molar-refractivity contribution in [2.24, 2.45) is 4.99 Å². The molecule has 132 valence electrons. The van der Waals surface area contributed by atoms with Crippen molar-refractivity contribution in [3.63, 3.8) is 0 Å². The van der Waals surface area contributed by atoms with E-state index in [1.54, 1.807) is 20.2 Å². The fourth-order valence-corrected chi connectivity index (χ4v) is 2.52. The van der Waals surface area contributed by atoms with Gasteiger partial charge in [0.15, 0.2) is 5.96 Å². The maximum atomic E-state index is 11.8. The third-order valence-electron chi connectivity index (χ3n) is 3.93. The summed E-state index contributed by atoms with van der Waals surface area (Å²) in [5, 5.41) is 8.95. The third kappa shape index (κ3) is 5.08. The minimum atomic E-state index is -0.0440. The number of rotatable bonds is 6. The van der Waals surface area contributed by atoms with E-state index in [0.29, 0.717) is 12.5 Å². The quantitative estimate of drug-likeness (QED) is 0.484. The van der Waals surface area contributed by atoms with E-state index in [9.17, 15) is 4.79 Å². The van der Waals surface area contributed by atoms with Crippen LogP contribution in [0.5, 0.6) is 0 Å². The number of carbonyl (C=O) groups excluding carboxylic acids is 1. The number of likely N-dealkylation sites (N-methyl/N-ethyl adjacent to an activating group) is 1. The molecule has 2 aromatic rings. The second-order valence-electron chi connectivity index (χ2n) is 6.06. The zero-order valence-electron chi connectivity index (χ0n) is 15.1. The number of guanidine groups is 1. The van der Waals surface area contributed by atoms with Gasteiger partial charge in [0.1, 0.15) is 6.54 Å². The van der Waals surface area contributed by atoms with Crippen molar-refractivity contribution in [3.8, 4) is 0 Å². The summed E-state index contributed by atoms with van der Waals surface area (Å²) in [6, 6.07) is 14.6. The van der Waals surface area contributed by atoms with Gasteiger partial charge in [0, 0.05) is 20.6 Å². The Morgan fingerprint density at radius 3 is 2.68 bits per heavy atom. The highest BCUT2D eigenvalue weighted by Gasteiger charge is 2.11. The largest absolute Gasteiger partial charge is 0.353 e. The molecule has 0 spiro atoms. The lowest BCUT2D eigenvalue weighted by atomic mass is 10.00. The Balaban J connectivity index is 2.20. The second kappa shape index (κ2) is 8.87. The monoisotopic (exact) mass is 338 g/mol. The maximum Gasteiger partial charge on any atom is 0.243 e. The molecule has 0 bridgehead atoms. The Morgan fingerprint density at radius 1 is 1.24 bits per heavy atom. The number of hydrogen-bond acceptors (Lipinski definition) is 2. The lowest BCUT2D eigenvalue weighted by Gasteiger charge is -2.20. The zero-order valence-corrected chi connectivity index (χ0v) is 15.1. The predicted molar refractivity (Wildman–Crippen MR) is 105 cm³/mol. The maximum absolute atomic E-state index is 11.8. The smallest absolute Gasteiger partial charge is 0.243 e. The number of amides is 1. The van der Waals surface area contributed by atoms with Crippen LogP contribution < -0.4 is 10.6 Å². The number of fused-ring (bicyclic) bond motifs is 1. The van der Waals surface area contributed by atoms with Crippen LogP contribution in [0, 0.1) is 0 Å². The Bertz CT molecular complexity index is 762. The average Bonchev–Trinajstić information content (AvgIpc) is 2.62. The highest BCUT2D eigenvalue weighted by atomic mass is 16.2. The molecule has 0 heterocycles. The van der Waals surface area contributed by atoms with Gasteiger partial charge in [-0.25, -0.2) is 4.99 Å². The van der Waals surface area contributed by atoms with Crippen LogP contribution in [0.25, 0.3) is 10.8 Å². The molecule has 0 aliphatic rings. The van der Waals surface area contributed by atoms with E-state index in [0.717, 1.165) is 0 Å². The van der Waals surface area contributed by atoms with Crippen molar-refractivity contribution in [2.45, 2.75) is 13.0 Å². The molecule has 0 aliphatic heterocycles. The SMILES string of the molecule is C=CCNC(=NCC(=O)N(C)C)NC(C)c1cccc2ccccc12. The van der Waals surface area contributed by atoms with Crippen LogP contribution in [0.2, 0.25) is 0 Å². The minimum Gasteiger partial charge on any atom is -0.353 e. The lowest BCUT2D eigenvalue weighted by Crippen LogP contribution is -2.40. The van der Waals surface area contributed by atoms with E-state index >= 15 is 0 Å². The molecule has 25 heavy (non-hydrogen) atoms. The van der Waals surface area contributed by atoms with Gasteiger partial charge in [-0.3, -0.25) is 4.79 Å². The summed E-state index contributed by atoms with van der Waals surface area (Å²) in [5.41, 5.74) is 1.19. The zero-order chi connectivity index (χ0) is 18.2. The molecule has 1 unspecified atom stereocenters.